The van der Waals surface area contributed by atoms with Crippen molar-refractivity contribution in [3.8, 4) is 0 Å². The van der Waals surface area contributed by atoms with E-state index in [1.807, 2.05) is 13.8 Å². The fourth-order valence-corrected chi connectivity index (χ4v) is 2.19. The first-order valence-electron chi connectivity index (χ1n) is 5.96. The van der Waals surface area contributed by atoms with E-state index in [-0.39, 0.29) is 11.9 Å². The molecule has 1 aromatic rings. The van der Waals surface area contributed by atoms with Gasteiger partial charge >= 0.3 is 0 Å². The second-order valence-corrected chi connectivity index (χ2v) is 5.72. The number of halogens is 2. The van der Waals surface area contributed by atoms with Gasteiger partial charge in [0.05, 0.1) is 10.0 Å². The standard InChI is InChI=1S/C13H15Cl2N3O/c1-7(2)16-12-17-11(19)13(3,18-12)8-4-5-9(14)10(15)6-8/h4-7H,1-3H3,(H2,16,17,18,19). The van der Waals surface area contributed by atoms with Gasteiger partial charge in [-0.1, -0.05) is 29.3 Å². The summed E-state index contributed by atoms with van der Waals surface area (Å²) in [5.41, 5.74) is -0.143. The Balaban J connectivity index is 2.37. The molecule has 0 spiro atoms. The highest BCUT2D eigenvalue weighted by molar-refractivity contribution is 6.42. The molecule has 1 saturated heterocycles. The third-order valence-corrected chi connectivity index (χ3v) is 3.68. The summed E-state index contributed by atoms with van der Waals surface area (Å²) in [5, 5.41) is 6.71. The van der Waals surface area contributed by atoms with Gasteiger partial charge in [-0.25, -0.2) is 0 Å². The monoisotopic (exact) mass is 299 g/mol. The normalized spacial score (nSPS) is 24.7. The van der Waals surface area contributed by atoms with Crippen LogP contribution in [0.15, 0.2) is 23.2 Å². The second-order valence-electron chi connectivity index (χ2n) is 4.90. The number of aliphatic imine (C=N–C) groups is 1. The average molecular weight is 300 g/mol. The first-order chi connectivity index (χ1) is 8.83. The van der Waals surface area contributed by atoms with Crippen LogP contribution in [0.4, 0.5) is 0 Å². The molecule has 1 aliphatic heterocycles. The lowest BCUT2D eigenvalue weighted by atomic mass is 9.92. The number of guanidine groups is 1. The van der Waals surface area contributed by atoms with Gasteiger partial charge in [-0.2, -0.15) is 0 Å². The molecule has 1 aromatic carbocycles. The molecule has 0 aliphatic carbocycles. The van der Waals surface area contributed by atoms with Crippen LogP contribution in [0.1, 0.15) is 26.3 Å². The molecule has 1 aliphatic rings. The van der Waals surface area contributed by atoms with Gasteiger partial charge in [0, 0.05) is 6.04 Å². The van der Waals surface area contributed by atoms with Crippen molar-refractivity contribution in [1.82, 2.24) is 10.6 Å². The summed E-state index contributed by atoms with van der Waals surface area (Å²) in [6, 6.07) is 5.24. The lowest BCUT2D eigenvalue weighted by molar-refractivity contribution is -0.123. The summed E-state index contributed by atoms with van der Waals surface area (Å²) < 4.78 is 0. The van der Waals surface area contributed by atoms with Crippen molar-refractivity contribution < 1.29 is 4.79 Å². The van der Waals surface area contributed by atoms with Crippen LogP contribution in [0.3, 0.4) is 0 Å². The van der Waals surface area contributed by atoms with E-state index >= 15 is 0 Å². The van der Waals surface area contributed by atoms with E-state index in [0.717, 1.165) is 5.56 Å². The van der Waals surface area contributed by atoms with Crippen molar-refractivity contribution in [2.24, 2.45) is 4.99 Å². The Bertz CT molecular complexity index is 557. The second kappa shape index (κ2) is 5.02. The van der Waals surface area contributed by atoms with Crippen LogP contribution in [0, 0.1) is 0 Å². The maximum atomic E-state index is 12.2. The summed E-state index contributed by atoms with van der Waals surface area (Å²) in [6.45, 7) is 5.66. The van der Waals surface area contributed by atoms with Crippen LogP contribution in [0.25, 0.3) is 0 Å². The van der Waals surface area contributed by atoms with E-state index in [0.29, 0.717) is 16.0 Å². The minimum Gasteiger partial charge on any atom is -0.338 e. The minimum absolute atomic E-state index is 0.0963. The highest BCUT2D eigenvalue weighted by Crippen LogP contribution is 2.30. The highest BCUT2D eigenvalue weighted by atomic mass is 35.5. The zero-order valence-corrected chi connectivity index (χ0v) is 12.4. The number of carbonyl (C=O) groups is 1. The molecule has 6 heteroatoms. The molecule has 1 heterocycles. The zero-order chi connectivity index (χ0) is 14.2. The van der Waals surface area contributed by atoms with Crippen LogP contribution in [-0.4, -0.2) is 17.9 Å². The molecule has 1 unspecified atom stereocenters. The number of rotatable bonds is 2. The zero-order valence-electron chi connectivity index (χ0n) is 10.9. The first-order valence-corrected chi connectivity index (χ1v) is 6.71. The van der Waals surface area contributed by atoms with Crippen molar-refractivity contribution in [2.75, 3.05) is 0 Å². The first kappa shape index (κ1) is 14.2. The van der Waals surface area contributed by atoms with Gasteiger partial charge in [0.25, 0.3) is 5.91 Å². The number of amides is 1. The topological polar surface area (TPSA) is 53.5 Å². The van der Waals surface area contributed by atoms with Crippen LogP contribution >= 0.6 is 23.2 Å². The molecule has 4 nitrogen and oxygen atoms in total. The number of nitrogens with zero attached hydrogens (tertiary/aromatic N) is 1. The Morgan fingerprint density at radius 1 is 1.26 bits per heavy atom. The lowest BCUT2D eigenvalue weighted by Gasteiger charge is -2.22. The number of hydrogen-bond donors (Lipinski definition) is 2. The lowest BCUT2D eigenvalue weighted by Crippen LogP contribution is -2.40. The Labute approximate surface area is 122 Å². The maximum absolute atomic E-state index is 12.2. The SMILES string of the molecule is CC(C)N=C1NC(=O)C(C)(c2ccc(Cl)c(Cl)c2)N1. The predicted octanol–water partition coefficient (Wildman–Crippen LogP) is 2.69. The van der Waals surface area contributed by atoms with Gasteiger partial charge in [0.15, 0.2) is 5.96 Å². The van der Waals surface area contributed by atoms with Crippen molar-refractivity contribution in [1.29, 1.82) is 0 Å². The van der Waals surface area contributed by atoms with Crippen molar-refractivity contribution in [3.05, 3.63) is 33.8 Å². The van der Waals surface area contributed by atoms with Crippen molar-refractivity contribution in [2.45, 2.75) is 32.4 Å². The van der Waals surface area contributed by atoms with E-state index in [9.17, 15) is 4.79 Å². The predicted molar refractivity (Wildman–Crippen MR) is 77.7 cm³/mol. The van der Waals surface area contributed by atoms with Crippen molar-refractivity contribution >= 4 is 35.1 Å². The molecular formula is C13H15Cl2N3O. The van der Waals surface area contributed by atoms with E-state index in [1.54, 1.807) is 25.1 Å². The summed E-state index contributed by atoms with van der Waals surface area (Å²) in [7, 11) is 0. The van der Waals surface area contributed by atoms with Gasteiger partial charge in [0.1, 0.15) is 5.54 Å². The number of nitrogens with one attached hydrogen (secondary N) is 2. The van der Waals surface area contributed by atoms with E-state index < -0.39 is 5.54 Å². The third-order valence-electron chi connectivity index (χ3n) is 2.94. The van der Waals surface area contributed by atoms with Gasteiger partial charge in [-0.05, 0) is 38.5 Å². The largest absolute Gasteiger partial charge is 0.338 e. The Morgan fingerprint density at radius 3 is 2.53 bits per heavy atom. The molecule has 1 fully saturated rings. The molecule has 102 valence electrons. The molecule has 2 N–H and O–H groups in total. The number of benzene rings is 1. The van der Waals surface area contributed by atoms with Gasteiger partial charge in [-0.15, -0.1) is 0 Å². The quantitative estimate of drug-likeness (QED) is 0.882. The molecule has 0 aromatic heterocycles. The fourth-order valence-electron chi connectivity index (χ4n) is 1.89. The highest BCUT2D eigenvalue weighted by Gasteiger charge is 2.42. The minimum atomic E-state index is -0.887. The summed E-state index contributed by atoms with van der Waals surface area (Å²) in [5.74, 6) is 0.318. The summed E-state index contributed by atoms with van der Waals surface area (Å²) in [4.78, 5) is 16.5. The molecular weight excluding hydrogens is 285 g/mol. The molecule has 0 radical (unpaired) electrons. The third kappa shape index (κ3) is 2.69. The molecule has 0 saturated carbocycles. The average Bonchev–Trinajstić information content (AvgIpc) is 2.58. The Hall–Kier alpha value is -1.26. The van der Waals surface area contributed by atoms with Crippen molar-refractivity contribution in [3.63, 3.8) is 0 Å². The van der Waals surface area contributed by atoms with E-state index in [4.69, 9.17) is 23.2 Å². The molecule has 1 atom stereocenters. The van der Waals surface area contributed by atoms with Crippen LogP contribution in [-0.2, 0) is 10.3 Å². The van der Waals surface area contributed by atoms with E-state index in [2.05, 4.69) is 15.6 Å². The Morgan fingerprint density at radius 2 is 1.95 bits per heavy atom. The number of hydrogen-bond acceptors (Lipinski definition) is 2. The van der Waals surface area contributed by atoms with Gasteiger partial charge in [0.2, 0.25) is 0 Å². The van der Waals surface area contributed by atoms with E-state index in [1.165, 1.54) is 0 Å². The molecule has 0 bridgehead atoms. The molecule has 1 amide bonds. The summed E-state index contributed by atoms with van der Waals surface area (Å²) in [6.07, 6.45) is 0. The smallest absolute Gasteiger partial charge is 0.256 e. The van der Waals surface area contributed by atoms with Crippen LogP contribution in [0.2, 0.25) is 10.0 Å². The summed E-state index contributed by atoms with van der Waals surface area (Å²) >= 11 is 11.9. The molecule has 2 rings (SSSR count). The van der Waals surface area contributed by atoms with Gasteiger partial charge in [-0.3, -0.25) is 15.1 Å². The van der Waals surface area contributed by atoms with Crippen LogP contribution < -0.4 is 10.6 Å². The Kier molecular flexibility index (Phi) is 3.74. The molecule has 19 heavy (non-hydrogen) atoms. The maximum Gasteiger partial charge on any atom is 0.256 e. The van der Waals surface area contributed by atoms with Gasteiger partial charge < -0.3 is 5.32 Å². The fraction of sp³-hybridized carbons (Fsp3) is 0.385. The van der Waals surface area contributed by atoms with Crippen LogP contribution in [0.5, 0.6) is 0 Å². The number of carbonyl (C=O) groups excluding carboxylic acids is 1.